The number of hydrogen-bond acceptors (Lipinski definition) is 4. The molecule has 0 atom stereocenters. The predicted octanol–water partition coefficient (Wildman–Crippen LogP) is 3.71. The van der Waals surface area contributed by atoms with Crippen LogP contribution in [0.2, 0.25) is 5.02 Å². The molecule has 0 bridgehead atoms. The molecule has 100 valence electrons. The van der Waals surface area contributed by atoms with Crippen LogP contribution in [0.5, 0.6) is 0 Å². The average Bonchev–Trinajstić information content (AvgIpc) is 2.91. The smallest absolute Gasteiger partial charge is 0.251 e. The number of thiazole rings is 1. The largest absolute Gasteiger partial charge is 0.352 e. The van der Waals surface area contributed by atoms with E-state index < -0.39 is 0 Å². The van der Waals surface area contributed by atoms with Crippen molar-refractivity contribution in [3.63, 3.8) is 0 Å². The van der Waals surface area contributed by atoms with Gasteiger partial charge in [0.15, 0.2) is 0 Å². The van der Waals surface area contributed by atoms with Crippen molar-refractivity contribution in [1.29, 1.82) is 0 Å². The highest BCUT2D eigenvalue weighted by Gasteiger charge is 2.04. The molecule has 19 heavy (non-hydrogen) atoms. The van der Waals surface area contributed by atoms with E-state index in [1.54, 1.807) is 53.6 Å². The van der Waals surface area contributed by atoms with E-state index >= 15 is 0 Å². The van der Waals surface area contributed by atoms with Gasteiger partial charge >= 0.3 is 0 Å². The van der Waals surface area contributed by atoms with E-state index in [1.165, 1.54) is 0 Å². The minimum Gasteiger partial charge on any atom is -0.352 e. The van der Waals surface area contributed by atoms with Crippen LogP contribution in [0.15, 0.2) is 40.2 Å². The first-order chi connectivity index (χ1) is 9.25. The van der Waals surface area contributed by atoms with Crippen LogP contribution in [-0.2, 0) is 0 Å². The van der Waals surface area contributed by atoms with Crippen LogP contribution >= 0.6 is 34.7 Å². The summed E-state index contributed by atoms with van der Waals surface area (Å²) >= 11 is 9.19. The van der Waals surface area contributed by atoms with E-state index in [9.17, 15) is 4.79 Å². The molecule has 1 N–H and O–H groups in total. The van der Waals surface area contributed by atoms with Crippen LogP contribution in [0, 0.1) is 0 Å². The fraction of sp³-hybridized carbons (Fsp3) is 0.231. The Morgan fingerprint density at radius 3 is 3.11 bits per heavy atom. The van der Waals surface area contributed by atoms with Gasteiger partial charge in [0.2, 0.25) is 0 Å². The van der Waals surface area contributed by atoms with Crippen LogP contribution in [-0.4, -0.2) is 23.2 Å². The third-order valence-electron chi connectivity index (χ3n) is 2.33. The molecule has 1 aromatic heterocycles. The zero-order valence-electron chi connectivity index (χ0n) is 10.1. The molecule has 2 aromatic rings. The van der Waals surface area contributed by atoms with E-state index in [0.29, 0.717) is 17.1 Å². The molecule has 0 unspecified atom stereocenters. The van der Waals surface area contributed by atoms with Gasteiger partial charge in [0.05, 0.1) is 0 Å². The Balaban J connectivity index is 1.67. The number of thioether (sulfide) groups is 1. The van der Waals surface area contributed by atoms with E-state index in [2.05, 4.69) is 10.3 Å². The summed E-state index contributed by atoms with van der Waals surface area (Å²) in [6.07, 6.45) is 2.71. The topological polar surface area (TPSA) is 42.0 Å². The van der Waals surface area contributed by atoms with Crippen molar-refractivity contribution < 1.29 is 4.79 Å². The summed E-state index contributed by atoms with van der Waals surface area (Å²) in [5.41, 5.74) is 0.597. The number of rotatable bonds is 6. The number of halogens is 1. The fourth-order valence-electron chi connectivity index (χ4n) is 1.45. The molecule has 1 heterocycles. The van der Waals surface area contributed by atoms with Gasteiger partial charge in [-0.05, 0) is 24.6 Å². The lowest BCUT2D eigenvalue weighted by Crippen LogP contribution is -2.24. The molecule has 0 aliphatic rings. The van der Waals surface area contributed by atoms with Gasteiger partial charge in [-0.2, -0.15) is 0 Å². The molecule has 0 saturated carbocycles. The summed E-state index contributed by atoms with van der Waals surface area (Å²) in [7, 11) is 0. The summed E-state index contributed by atoms with van der Waals surface area (Å²) in [6.45, 7) is 0.656. The van der Waals surface area contributed by atoms with Crippen molar-refractivity contribution in [2.45, 2.75) is 10.8 Å². The molecule has 1 amide bonds. The van der Waals surface area contributed by atoms with Crippen molar-refractivity contribution in [3.8, 4) is 0 Å². The predicted molar refractivity (Wildman–Crippen MR) is 81.2 cm³/mol. The fourth-order valence-corrected chi connectivity index (χ4v) is 3.28. The van der Waals surface area contributed by atoms with Crippen molar-refractivity contribution in [1.82, 2.24) is 10.3 Å². The van der Waals surface area contributed by atoms with Crippen molar-refractivity contribution >= 4 is 40.6 Å². The van der Waals surface area contributed by atoms with Crippen LogP contribution in [0.3, 0.4) is 0 Å². The number of benzene rings is 1. The van der Waals surface area contributed by atoms with E-state index in [0.717, 1.165) is 16.5 Å². The summed E-state index contributed by atoms with van der Waals surface area (Å²) in [5, 5.41) is 5.42. The summed E-state index contributed by atoms with van der Waals surface area (Å²) in [5.74, 6) is 0.866. The third kappa shape index (κ3) is 4.86. The number of aromatic nitrogens is 1. The molecule has 0 aliphatic carbocycles. The Morgan fingerprint density at radius 1 is 1.47 bits per heavy atom. The first kappa shape index (κ1) is 14.4. The van der Waals surface area contributed by atoms with Crippen LogP contribution < -0.4 is 5.32 Å². The molecule has 0 radical (unpaired) electrons. The van der Waals surface area contributed by atoms with Crippen LogP contribution in [0.4, 0.5) is 0 Å². The highest BCUT2D eigenvalue weighted by atomic mass is 35.5. The van der Waals surface area contributed by atoms with Crippen molar-refractivity contribution in [2.75, 3.05) is 12.3 Å². The highest BCUT2D eigenvalue weighted by molar-refractivity contribution is 8.00. The molecule has 0 spiro atoms. The third-order valence-corrected chi connectivity index (χ3v) is 4.62. The minimum atomic E-state index is -0.0817. The van der Waals surface area contributed by atoms with Gasteiger partial charge in [-0.25, -0.2) is 4.98 Å². The number of amides is 1. The summed E-state index contributed by atoms with van der Waals surface area (Å²) < 4.78 is 1.07. The molecular weight excluding hydrogens is 300 g/mol. The SMILES string of the molecule is O=C(NCCCSc1nccs1)c1cccc(Cl)c1. The second-order valence-corrected chi connectivity index (χ2v) is 6.44. The van der Waals surface area contributed by atoms with Crippen LogP contribution in [0.25, 0.3) is 0 Å². The molecule has 0 fully saturated rings. The number of carbonyl (C=O) groups excluding carboxylic acids is 1. The maximum absolute atomic E-state index is 11.8. The lowest BCUT2D eigenvalue weighted by atomic mass is 10.2. The molecule has 3 nitrogen and oxygen atoms in total. The average molecular weight is 313 g/mol. The van der Waals surface area contributed by atoms with Gasteiger partial charge in [0, 0.05) is 34.5 Å². The molecule has 2 rings (SSSR count). The molecular formula is C13H13ClN2OS2. The Bertz CT molecular complexity index is 531. The molecule has 6 heteroatoms. The van der Waals surface area contributed by atoms with Gasteiger partial charge in [-0.15, -0.1) is 11.3 Å². The van der Waals surface area contributed by atoms with Gasteiger partial charge in [0.25, 0.3) is 5.91 Å². The standard InChI is InChI=1S/C13H13ClN2OS2/c14-11-4-1-3-10(9-11)12(17)15-5-2-7-18-13-16-6-8-19-13/h1,3-4,6,8-9H,2,5,7H2,(H,15,17). The lowest BCUT2D eigenvalue weighted by Gasteiger charge is -2.04. The Morgan fingerprint density at radius 2 is 2.37 bits per heavy atom. The van der Waals surface area contributed by atoms with Gasteiger partial charge in [0.1, 0.15) is 4.34 Å². The van der Waals surface area contributed by atoms with E-state index in [4.69, 9.17) is 11.6 Å². The maximum Gasteiger partial charge on any atom is 0.251 e. The quantitative estimate of drug-likeness (QED) is 0.653. The second-order valence-electron chi connectivity index (χ2n) is 3.77. The first-order valence-electron chi connectivity index (χ1n) is 5.82. The lowest BCUT2D eigenvalue weighted by molar-refractivity contribution is 0.0954. The number of hydrogen-bond donors (Lipinski definition) is 1. The van der Waals surface area contributed by atoms with Crippen LogP contribution in [0.1, 0.15) is 16.8 Å². The van der Waals surface area contributed by atoms with E-state index in [1.807, 2.05) is 5.38 Å². The highest BCUT2D eigenvalue weighted by Crippen LogP contribution is 2.20. The molecule has 0 aliphatic heterocycles. The summed E-state index contributed by atoms with van der Waals surface area (Å²) in [4.78, 5) is 16.0. The van der Waals surface area contributed by atoms with Gasteiger partial charge in [-0.3, -0.25) is 4.79 Å². The Kier molecular flexibility index (Phi) is 5.69. The number of nitrogens with one attached hydrogen (secondary N) is 1. The van der Waals surface area contributed by atoms with Crippen molar-refractivity contribution in [2.24, 2.45) is 0 Å². The minimum absolute atomic E-state index is 0.0817. The monoisotopic (exact) mass is 312 g/mol. The summed E-state index contributed by atoms with van der Waals surface area (Å²) in [6, 6.07) is 6.95. The zero-order chi connectivity index (χ0) is 13.5. The van der Waals surface area contributed by atoms with Crippen molar-refractivity contribution in [3.05, 3.63) is 46.4 Å². The number of carbonyl (C=O) groups is 1. The zero-order valence-corrected chi connectivity index (χ0v) is 12.5. The Hall–Kier alpha value is -1.04. The number of nitrogens with zero attached hydrogens (tertiary/aromatic N) is 1. The van der Waals surface area contributed by atoms with E-state index in [-0.39, 0.29) is 5.91 Å². The maximum atomic E-state index is 11.8. The molecule has 0 saturated heterocycles. The normalized spacial score (nSPS) is 10.4. The first-order valence-corrected chi connectivity index (χ1v) is 8.06. The Labute approximate surface area is 125 Å². The second kappa shape index (κ2) is 7.53. The van der Waals surface area contributed by atoms with Gasteiger partial charge in [-0.1, -0.05) is 29.4 Å². The van der Waals surface area contributed by atoms with Gasteiger partial charge < -0.3 is 5.32 Å². The molecule has 1 aromatic carbocycles.